The van der Waals surface area contributed by atoms with E-state index in [4.69, 9.17) is 9.47 Å². The lowest BCUT2D eigenvalue weighted by molar-refractivity contribution is -0.304. The zero-order valence-electron chi connectivity index (χ0n) is 8.78. The lowest BCUT2D eigenvalue weighted by Crippen LogP contribution is -2.24. The Balaban J connectivity index is 2.91. The first-order valence-corrected chi connectivity index (χ1v) is 4.67. The lowest BCUT2D eigenvalue weighted by Gasteiger charge is -2.11. The van der Waals surface area contributed by atoms with Crippen LogP contribution in [0.5, 0.6) is 11.5 Å². The average Bonchev–Trinajstić information content (AvgIpc) is 2.20. The largest absolute Gasteiger partial charge is 0.550 e. The molecule has 1 aromatic carbocycles. The third-order valence-electron chi connectivity index (χ3n) is 1.88. The number of ether oxygens (including phenoxy) is 2. The zero-order valence-corrected chi connectivity index (χ0v) is 8.78. The normalized spacial score (nSPS) is 9.73. The predicted octanol–water partition coefficient (Wildman–Crippen LogP) is 0.386. The smallest absolute Gasteiger partial charge is 0.161 e. The Morgan fingerprint density at radius 1 is 1.40 bits per heavy atom. The first kappa shape index (κ1) is 11.4. The highest BCUT2D eigenvalue weighted by Gasteiger charge is 2.04. The van der Waals surface area contributed by atoms with Crippen LogP contribution in [0.3, 0.4) is 0 Å². The monoisotopic (exact) mass is 209 g/mol. The fraction of sp³-hybridized carbons (Fsp3) is 0.364. The summed E-state index contributed by atoms with van der Waals surface area (Å²) in [6.07, 6.45) is -0.122. The van der Waals surface area contributed by atoms with E-state index in [0.717, 1.165) is 0 Å². The fourth-order valence-corrected chi connectivity index (χ4v) is 1.26. The third kappa shape index (κ3) is 3.16. The average molecular weight is 209 g/mol. The molecular weight excluding hydrogens is 196 g/mol. The van der Waals surface area contributed by atoms with E-state index in [0.29, 0.717) is 23.7 Å². The maximum absolute atomic E-state index is 10.4. The van der Waals surface area contributed by atoms with Gasteiger partial charge in [0.05, 0.1) is 13.7 Å². The number of aliphatic carboxylic acids is 1. The van der Waals surface area contributed by atoms with Gasteiger partial charge in [0.2, 0.25) is 0 Å². The molecule has 0 aliphatic carbocycles. The number of carboxylic acids is 1. The molecule has 0 saturated heterocycles. The summed E-state index contributed by atoms with van der Waals surface area (Å²) in [6, 6.07) is 5.02. The van der Waals surface area contributed by atoms with E-state index in [1.165, 1.54) is 7.11 Å². The molecule has 0 aromatic heterocycles. The summed E-state index contributed by atoms with van der Waals surface area (Å²) in [7, 11) is 1.51. The second kappa shape index (κ2) is 5.24. The predicted molar refractivity (Wildman–Crippen MR) is 52.9 cm³/mol. The van der Waals surface area contributed by atoms with Gasteiger partial charge in [-0.2, -0.15) is 0 Å². The SMILES string of the molecule is CCOc1ccc(CC(=O)[O-])cc1OC. The van der Waals surface area contributed by atoms with E-state index in [2.05, 4.69) is 0 Å². The van der Waals surface area contributed by atoms with Crippen LogP contribution in [0.25, 0.3) is 0 Å². The third-order valence-corrected chi connectivity index (χ3v) is 1.88. The highest BCUT2D eigenvalue weighted by molar-refractivity contribution is 5.68. The second-order valence-corrected chi connectivity index (χ2v) is 2.97. The van der Waals surface area contributed by atoms with E-state index in [1.807, 2.05) is 6.92 Å². The minimum Gasteiger partial charge on any atom is -0.550 e. The molecule has 0 saturated carbocycles. The van der Waals surface area contributed by atoms with Gasteiger partial charge in [0.1, 0.15) is 0 Å². The van der Waals surface area contributed by atoms with E-state index in [9.17, 15) is 9.90 Å². The quantitative estimate of drug-likeness (QED) is 0.703. The summed E-state index contributed by atoms with van der Waals surface area (Å²) in [5.74, 6) is 0.0407. The number of benzene rings is 1. The van der Waals surface area contributed by atoms with Crippen molar-refractivity contribution in [2.45, 2.75) is 13.3 Å². The standard InChI is InChI=1S/C11H14O4/c1-3-15-9-5-4-8(7-11(12)13)6-10(9)14-2/h4-6H,3,7H2,1-2H3,(H,12,13)/p-1. The Morgan fingerprint density at radius 2 is 2.13 bits per heavy atom. The van der Waals surface area contributed by atoms with Crippen molar-refractivity contribution in [2.75, 3.05) is 13.7 Å². The van der Waals surface area contributed by atoms with Gasteiger partial charge in [-0.25, -0.2) is 0 Å². The van der Waals surface area contributed by atoms with Crippen LogP contribution in [-0.2, 0) is 11.2 Å². The number of carbonyl (C=O) groups excluding carboxylic acids is 1. The van der Waals surface area contributed by atoms with Crippen molar-refractivity contribution in [1.82, 2.24) is 0 Å². The van der Waals surface area contributed by atoms with E-state index in [1.54, 1.807) is 18.2 Å². The van der Waals surface area contributed by atoms with Crippen LogP contribution < -0.4 is 14.6 Å². The number of methoxy groups -OCH3 is 1. The molecule has 4 heteroatoms. The van der Waals surface area contributed by atoms with Gasteiger partial charge < -0.3 is 19.4 Å². The number of carbonyl (C=O) groups is 1. The van der Waals surface area contributed by atoms with Gasteiger partial charge in [-0.05, 0) is 24.6 Å². The number of hydrogen-bond acceptors (Lipinski definition) is 4. The molecule has 0 bridgehead atoms. The number of hydrogen-bond donors (Lipinski definition) is 0. The Labute approximate surface area is 88.4 Å². The lowest BCUT2D eigenvalue weighted by atomic mass is 10.1. The molecule has 0 aliphatic rings. The Hall–Kier alpha value is -1.71. The molecule has 0 radical (unpaired) electrons. The Morgan fingerprint density at radius 3 is 2.67 bits per heavy atom. The van der Waals surface area contributed by atoms with Gasteiger partial charge in [0.25, 0.3) is 0 Å². The van der Waals surface area contributed by atoms with Gasteiger partial charge in [0, 0.05) is 12.4 Å². The minimum absolute atomic E-state index is 0.122. The molecule has 82 valence electrons. The van der Waals surface area contributed by atoms with Crippen LogP contribution in [0.4, 0.5) is 0 Å². The number of rotatable bonds is 5. The van der Waals surface area contributed by atoms with Gasteiger partial charge >= 0.3 is 0 Å². The first-order valence-electron chi connectivity index (χ1n) is 4.67. The van der Waals surface area contributed by atoms with Crippen LogP contribution in [-0.4, -0.2) is 19.7 Å². The van der Waals surface area contributed by atoms with E-state index >= 15 is 0 Å². The van der Waals surface area contributed by atoms with Crippen LogP contribution in [0.2, 0.25) is 0 Å². The molecule has 1 aromatic rings. The van der Waals surface area contributed by atoms with Crippen LogP contribution in [0.15, 0.2) is 18.2 Å². The maximum atomic E-state index is 10.4. The summed E-state index contributed by atoms with van der Waals surface area (Å²) in [4.78, 5) is 10.4. The van der Waals surface area contributed by atoms with Crippen molar-refractivity contribution in [2.24, 2.45) is 0 Å². The van der Waals surface area contributed by atoms with Crippen molar-refractivity contribution in [3.05, 3.63) is 23.8 Å². The number of carboxylic acid groups (broad SMARTS) is 1. The zero-order chi connectivity index (χ0) is 11.3. The molecule has 0 heterocycles. The maximum Gasteiger partial charge on any atom is 0.161 e. The second-order valence-electron chi connectivity index (χ2n) is 2.97. The van der Waals surface area contributed by atoms with Crippen molar-refractivity contribution < 1.29 is 19.4 Å². The van der Waals surface area contributed by atoms with E-state index < -0.39 is 5.97 Å². The molecule has 15 heavy (non-hydrogen) atoms. The molecule has 0 amide bonds. The van der Waals surface area contributed by atoms with Crippen LogP contribution in [0, 0.1) is 0 Å². The van der Waals surface area contributed by atoms with Crippen LogP contribution >= 0.6 is 0 Å². The van der Waals surface area contributed by atoms with E-state index in [-0.39, 0.29) is 6.42 Å². The molecule has 0 unspecified atom stereocenters. The summed E-state index contributed by atoms with van der Waals surface area (Å²) >= 11 is 0. The summed E-state index contributed by atoms with van der Waals surface area (Å²) < 4.78 is 10.4. The molecule has 0 fully saturated rings. The molecule has 0 aliphatic heterocycles. The highest BCUT2D eigenvalue weighted by atomic mass is 16.5. The summed E-state index contributed by atoms with van der Waals surface area (Å²) in [5.41, 5.74) is 0.635. The Kier molecular flexibility index (Phi) is 3.97. The summed E-state index contributed by atoms with van der Waals surface area (Å²) in [6.45, 7) is 2.41. The van der Waals surface area contributed by atoms with Gasteiger partial charge in [-0.3, -0.25) is 0 Å². The van der Waals surface area contributed by atoms with Gasteiger partial charge in [-0.15, -0.1) is 0 Å². The fourth-order valence-electron chi connectivity index (χ4n) is 1.26. The van der Waals surface area contributed by atoms with Crippen molar-refractivity contribution in [3.63, 3.8) is 0 Å². The summed E-state index contributed by atoms with van der Waals surface area (Å²) in [5, 5.41) is 10.4. The van der Waals surface area contributed by atoms with Crippen molar-refractivity contribution >= 4 is 5.97 Å². The van der Waals surface area contributed by atoms with Crippen LogP contribution in [0.1, 0.15) is 12.5 Å². The minimum atomic E-state index is -1.11. The van der Waals surface area contributed by atoms with Gasteiger partial charge in [-0.1, -0.05) is 6.07 Å². The molecule has 1 rings (SSSR count). The molecule has 4 nitrogen and oxygen atoms in total. The first-order chi connectivity index (χ1) is 7.17. The topological polar surface area (TPSA) is 58.6 Å². The molecule has 0 N–H and O–H groups in total. The molecule has 0 atom stereocenters. The molecule has 0 spiro atoms. The highest BCUT2D eigenvalue weighted by Crippen LogP contribution is 2.28. The molecular formula is C11H13O4-. The Bertz CT molecular complexity index is 346. The van der Waals surface area contributed by atoms with Gasteiger partial charge in [0.15, 0.2) is 11.5 Å². The van der Waals surface area contributed by atoms with Crippen molar-refractivity contribution in [3.8, 4) is 11.5 Å². The van der Waals surface area contributed by atoms with Crippen molar-refractivity contribution in [1.29, 1.82) is 0 Å².